The maximum Gasteiger partial charge on any atom is 0.174 e. The maximum atomic E-state index is 6.18. The number of aromatic nitrogens is 6. The second-order valence-electron chi connectivity index (χ2n) is 7.06. The van der Waals surface area contributed by atoms with Gasteiger partial charge in [-0.1, -0.05) is 36.9 Å². The normalized spacial score (nSPS) is 15.9. The van der Waals surface area contributed by atoms with E-state index < -0.39 is 0 Å². The molecule has 0 N–H and O–H groups in total. The van der Waals surface area contributed by atoms with E-state index in [2.05, 4.69) is 20.3 Å². The van der Waals surface area contributed by atoms with Crippen LogP contribution in [0.5, 0.6) is 0 Å². The Morgan fingerprint density at radius 3 is 2.77 bits per heavy atom. The van der Waals surface area contributed by atoms with Crippen LogP contribution in [0.2, 0.25) is 5.02 Å². The van der Waals surface area contributed by atoms with Gasteiger partial charge in [0.1, 0.15) is 12.2 Å². The smallest absolute Gasteiger partial charge is 0.174 e. The number of aryl methyl sites for hydroxylation is 1. The molecule has 0 aliphatic heterocycles. The highest BCUT2D eigenvalue weighted by Gasteiger charge is 2.22. The van der Waals surface area contributed by atoms with Crippen LogP contribution in [0.15, 0.2) is 30.7 Å². The van der Waals surface area contributed by atoms with Crippen LogP contribution in [0.3, 0.4) is 0 Å². The van der Waals surface area contributed by atoms with E-state index in [0.29, 0.717) is 10.9 Å². The Morgan fingerprint density at radius 2 is 1.92 bits per heavy atom. The Bertz CT molecular complexity index is 1110. The first-order chi connectivity index (χ1) is 12.7. The first kappa shape index (κ1) is 15.8. The molecule has 7 heteroatoms. The van der Waals surface area contributed by atoms with E-state index in [1.54, 1.807) is 0 Å². The molecule has 0 radical (unpaired) electrons. The molecule has 26 heavy (non-hydrogen) atoms. The van der Waals surface area contributed by atoms with Crippen molar-refractivity contribution < 1.29 is 0 Å². The molecule has 0 saturated heterocycles. The summed E-state index contributed by atoms with van der Waals surface area (Å²) in [6, 6.07) is 5.78. The summed E-state index contributed by atoms with van der Waals surface area (Å²) in [5.74, 6) is 1.50. The summed E-state index contributed by atoms with van der Waals surface area (Å²) >= 11 is 6.18. The SMILES string of the molecule is Cc1ccc(Cl)cc1-n1ncc2c1ncn1c(C3CCCCC3)nnc21. The summed E-state index contributed by atoms with van der Waals surface area (Å²) in [5.41, 5.74) is 3.61. The minimum absolute atomic E-state index is 0.475. The van der Waals surface area contributed by atoms with E-state index >= 15 is 0 Å². The van der Waals surface area contributed by atoms with Gasteiger partial charge in [0, 0.05) is 10.9 Å². The van der Waals surface area contributed by atoms with E-state index in [1.807, 2.05) is 46.7 Å². The minimum Gasteiger partial charge on any atom is -0.268 e. The number of benzene rings is 1. The standard InChI is InChI=1S/C19H19ClN6/c1-12-7-8-14(20)9-16(12)26-18-15(10-22-26)19-24-23-17(25(19)11-21-18)13-5-3-2-4-6-13/h7-11,13H,2-6H2,1H3. The van der Waals surface area contributed by atoms with E-state index in [-0.39, 0.29) is 0 Å². The lowest BCUT2D eigenvalue weighted by atomic mass is 9.89. The lowest BCUT2D eigenvalue weighted by Gasteiger charge is -2.19. The van der Waals surface area contributed by atoms with Crippen molar-refractivity contribution in [2.45, 2.75) is 44.9 Å². The quantitative estimate of drug-likeness (QED) is 0.525. The second kappa shape index (κ2) is 6.06. The van der Waals surface area contributed by atoms with Gasteiger partial charge in [0.25, 0.3) is 0 Å². The molecule has 0 amide bonds. The predicted octanol–water partition coefficient (Wildman–Crippen LogP) is 4.47. The number of halogens is 1. The van der Waals surface area contributed by atoms with Crippen molar-refractivity contribution in [3.8, 4) is 5.69 Å². The van der Waals surface area contributed by atoms with Crippen LogP contribution in [0.25, 0.3) is 22.4 Å². The summed E-state index contributed by atoms with van der Waals surface area (Å²) in [4.78, 5) is 4.68. The van der Waals surface area contributed by atoms with Gasteiger partial charge in [-0.2, -0.15) is 5.10 Å². The van der Waals surface area contributed by atoms with Gasteiger partial charge >= 0.3 is 0 Å². The first-order valence-electron chi connectivity index (χ1n) is 9.06. The van der Waals surface area contributed by atoms with Crippen LogP contribution < -0.4 is 0 Å². The highest BCUT2D eigenvalue weighted by molar-refractivity contribution is 6.30. The molecule has 3 aromatic heterocycles. The van der Waals surface area contributed by atoms with E-state index in [0.717, 1.165) is 33.8 Å². The van der Waals surface area contributed by atoms with E-state index in [4.69, 9.17) is 11.6 Å². The van der Waals surface area contributed by atoms with Crippen LogP contribution in [-0.4, -0.2) is 29.4 Å². The fourth-order valence-electron chi connectivity index (χ4n) is 3.96. The van der Waals surface area contributed by atoms with Crippen LogP contribution in [0.4, 0.5) is 0 Å². The predicted molar refractivity (Wildman–Crippen MR) is 101 cm³/mol. The van der Waals surface area contributed by atoms with Crippen LogP contribution >= 0.6 is 11.6 Å². The fourth-order valence-corrected chi connectivity index (χ4v) is 4.13. The average molecular weight is 367 g/mol. The van der Waals surface area contributed by atoms with Crippen molar-refractivity contribution in [3.63, 3.8) is 0 Å². The molecule has 1 aromatic carbocycles. The molecular weight excluding hydrogens is 348 g/mol. The number of hydrogen-bond acceptors (Lipinski definition) is 4. The van der Waals surface area contributed by atoms with Gasteiger partial charge < -0.3 is 0 Å². The summed E-state index contributed by atoms with van der Waals surface area (Å²) in [5, 5.41) is 15.1. The van der Waals surface area contributed by atoms with Gasteiger partial charge in [-0.05, 0) is 37.5 Å². The van der Waals surface area contributed by atoms with E-state index in [1.165, 1.54) is 32.1 Å². The molecule has 3 heterocycles. The van der Waals surface area contributed by atoms with Crippen molar-refractivity contribution in [1.82, 2.24) is 29.4 Å². The summed E-state index contributed by atoms with van der Waals surface area (Å²) in [6.07, 6.45) is 9.86. The summed E-state index contributed by atoms with van der Waals surface area (Å²) < 4.78 is 3.86. The van der Waals surface area contributed by atoms with Crippen LogP contribution in [-0.2, 0) is 0 Å². The molecule has 0 atom stereocenters. The van der Waals surface area contributed by atoms with Crippen molar-refractivity contribution in [3.05, 3.63) is 47.1 Å². The lowest BCUT2D eigenvalue weighted by Crippen LogP contribution is -2.09. The second-order valence-corrected chi connectivity index (χ2v) is 7.49. The molecule has 1 aliphatic rings. The third-order valence-electron chi connectivity index (χ3n) is 5.37. The zero-order valence-electron chi connectivity index (χ0n) is 14.6. The third kappa shape index (κ3) is 2.40. The van der Waals surface area contributed by atoms with Gasteiger partial charge in [0.2, 0.25) is 0 Å². The van der Waals surface area contributed by atoms with E-state index in [9.17, 15) is 0 Å². The molecule has 5 rings (SSSR count). The topological polar surface area (TPSA) is 60.9 Å². The van der Waals surface area contributed by atoms with Crippen LogP contribution in [0, 0.1) is 6.92 Å². The molecule has 0 bridgehead atoms. The minimum atomic E-state index is 0.475. The highest BCUT2D eigenvalue weighted by atomic mass is 35.5. The number of nitrogens with zero attached hydrogens (tertiary/aromatic N) is 6. The number of hydrogen-bond donors (Lipinski definition) is 0. The molecule has 1 aliphatic carbocycles. The molecule has 1 saturated carbocycles. The molecular formula is C19H19ClN6. The Hall–Kier alpha value is -2.47. The number of fused-ring (bicyclic) bond motifs is 3. The zero-order valence-corrected chi connectivity index (χ0v) is 15.3. The van der Waals surface area contributed by atoms with Gasteiger partial charge in [-0.15, -0.1) is 10.2 Å². The molecule has 0 spiro atoms. The van der Waals surface area contributed by atoms with Crippen molar-refractivity contribution in [1.29, 1.82) is 0 Å². The molecule has 1 fully saturated rings. The molecule has 6 nitrogen and oxygen atoms in total. The Labute approximate surface area is 155 Å². The van der Waals surface area contributed by atoms with Gasteiger partial charge in [0.05, 0.1) is 17.3 Å². The lowest BCUT2D eigenvalue weighted by molar-refractivity contribution is 0.426. The largest absolute Gasteiger partial charge is 0.268 e. The van der Waals surface area contributed by atoms with Gasteiger partial charge in [-0.3, -0.25) is 4.40 Å². The first-order valence-corrected chi connectivity index (χ1v) is 9.44. The molecule has 4 aromatic rings. The Balaban J connectivity index is 1.67. The summed E-state index contributed by atoms with van der Waals surface area (Å²) in [7, 11) is 0. The average Bonchev–Trinajstić information content (AvgIpc) is 3.28. The highest BCUT2D eigenvalue weighted by Crippen LogP contribution is 2.32. The van der Waals surface area contributed by atoms with Gasteiger partial charge in [-0.25, -0.2) is 9.67 Å². The van der Waals surface area contributed by atoms with Gasteiger partial charge in [0.15, 0.2) is 11.3 Å². The number of rotatable bonds is 2. The third-order valence-corrected chi connectivity index (χ3v) is 5.61. The monoisotopic (exact) mass is 366 g/mol. The van der Waals surface area contributed by atoms with Crippen LogP contribution in [0.1, 0.15) is 49.4 Å². The molecule has 132 valence electrons. The Kier molecular flexibility index (Phi) is 3.67. The zero-order chi connectivity index (χ0) is 17.7. The maximum absolute atomic E-state index is 6.18. The van der Waals surface area contributed by atoms with Crippen molar-refractivity contribution in [2.75, 3.05) is 0 Å². The summed E-state index contributed by atoms with van der Waals surface area (Å²) in [6.45, 7) is 2.04. The van der Waals surface area contributed by atoms with Crippen molar-refractivity contribution in [2.24, 2.45) is 0 Å². The fraction of sp³-hybridized carbons (Fsp3) is 0.368. The Morgan fingerprint density at radius 1 is 1.08 bits per heavy atom. The molecule has 0 unspecified atom stereocenters. The van der Waals surface area contributed by atoms with Crippen molar-refractivity contribution >= 4 is 28.3 Å².